The van der Waals surface area contributed by atoms with Gasteiger partial charge in [-0.05, 0) is 69.7 Å². The number of allylic oxidation sites excluding steroid dienone is 4. The Morgan fingerprint density at radius 1 is 1.24 bits per heavy atom. The van der Waals surface area contributed by atoms with Gasteiger partial charge in [0.15, 0.2) is 11.6 Å². The number of benzene rings is 1. The molecule has 6 heteroatoms. The number of fused-ring (bicyclic) bond motifs is 1. The van der Waals surface area contributed by atoms with Crippen molar-refractivity contribution in [1.82, 2.24) is 9.78 Å². The highest BCUT2D eigenvalue weighted by Gasteiger charge is 2.26. The molecule has 0 bridgehead atoms. The molecule has 1 aromatic heterocycles. The van der Waals surface area contributed by atoms with Crippen molar-refractivity contribution >= 4 is 28.2 Å². The molecule has 6 nitrogen and oxygen atoms in total. The molecular weight excluding hydrogens is 414 g/mol. The Hall–Kier alpha value is -2.73. The van der Waals surface area contributed by atoms with Crippen LogP contribution in [-0.4, -0.2) is 47.1 Å². The fourth-order valence-corrected chi connectivity index (χ4v) is 5.47. The summed E-state index contributed by atoms with van der Waals surface area (Å²) in [4.78, 5) is 28.4. The lowest BCUT2D eigenvalue weighted by Gasteiger charge is -2.36. The maximum Gasteiger partial charge on any atom is 0.163 e. The number of Topliss-reactive ketones (excluding diaryl/α,β-unsaturated/α-hetero) is 2. The van der Waals surface area contributed by atoms with Gasteiger partial charge >= 0.3 is 0 Å². The van der Waals surface area contributed by atoms with Crippen LogP contribution in [0.5, 0.6) is 0 Å². The number of anilines is 1. The monoisotopic (exact) mass is 449 g/mol. The van der Waals surface area contributed by atoms with E-state index in [9.17, 15) is 9.59 Å². The lowest BCUT2D eigenvalue weighted by Crippen LogP contribution is -2.39. The van der Waals surface area contributed by atoms with Gasteiger partial charge in [0.2, 0.25) is 0 Å². The maximum absolute atomic E-state index is 13.5. The number of ether oxygens (including phenoxy) is 1. The largest absolute Gasteiger partial charge is 0.381 e. The van der Waals surface area contributed by atoms with Crippen molar-refractivity contribution in [2.75, 3.05) is 24.7 Å². The van der Waals surface area contributed by atoms with Gasteiger partial charge in [-0.3, -0.25) is 14.3 Å². The number of nitrogens with zero attached hydrogens (tertiary/aromatic N) is 3. The first-order valence-corrected chi connectivity index (χ1v) is 12.0. The van der Waals surface area contributed by atoms with Crippen molar-refractivity contribution in [3.05, 3.63) is 46.2 Å². The van der Waals surface area contributed by atoms with Gasteiger partial charge < -0.3 is 9.64 Å². The highest BCUT2D eigenvalue weighted by atomic mass is 16.5. The van der Waals surface area contributed by atoms with Crippen molar-refractivity contribution in [2.45, 2.75) is 65.8 Å². The number of hydrogen-bond acceptors (Lipinski definition) is 5. The van der Waals surface area contributed by atoms with E-state index >= 15 is 0 Å². The highest BCUT2D eigenvalue weighted by molar-refractivity contribution is 6.07. The molecule has 2 aromatic rings. The zero-order valence-electron chi connectivity index (χ0n) is 20.5. The van der Waals surface area contributed by atoms with E-state index in [0.717, 1.165) is 77.0 Å². The standard InChI is InChI=1S/C27H35N3O3/c1-6-30(20-9-11-33-12-10-20)24-15-22(19(4)27-23(24)16-28-29(27)5)25(31)8-7-21-18(3)13-17(2)14-26(21)32/h13,15-16,20H,6-12,14H2,1-5H3. The summed E-state index contributed by atoms with van der Waals surface area (Å²) in [6, 6.07) is 2.45. The molecule has 2 aliphatic rings. The average Bonchev–Trinajstić information content (AvgIpc) is 3.17. The van der Waals surface area contributed by atoms with Gasteiger partial charge in [0.25, 0.3) is 0 Å². The van der Waals surface area contributed by atoms with Crippen LogP contribution in [0.3, 0.4) is 0 Å². The Kier molecular flexibility index (Phi) is 6.84. The van der Waals surface area contributed by atoms with E-state index in [0.29, 0.717) is 25.3 Å². The van der Waals surface area contributed by atoms with Crippen LogP contribution in [0, 0.1) is 6.92 Å². The molecule has 0 radical (unpaired) electrons. The molecule has 0 unspecified atom stereocenters. The van der Waals surface area contributed by atoms with Gasteiger partial charge in [-0.15, -0.1) is 0 Å². The zero-order chi connectivity index (χ0) is 23.7. The summed E-state index contributed by atoms with van der Waals surface area (Å²) in [7, 11) is 1.93. The zero-order valence-corrected chi connectivity index (χ0v) is 20.5. The lowest BCUT2D eigenvalue weighted by atomic mass is 9.88. The summed E-state index contributed by atoms with van der Waals surface area (Å²) in [5.74, 6) is 0.232. The van der Waals surface area contributed by atoms with Crippen LogP contribution in [0.15, 0.2) is 35.1 Å². The molecule has 0 amide bonds. The van der Waals surface area contributed by atoms with E-state index in [1.165, 1.54) is 0 Å². The fourth-order valence-electron chi connectivity index (χ4n) is 5.47. The van der Waals surface area contributed by atoms with Crippen molar-refractivity contribution in [3.63, 3.8) is 0 Å². The topological polar surface area (TPSA) is 64.4 Å². The Morgan fingerprint density at radius 2 is 1.97 bits per heavy atom. The van der Waals surface area contributed by atoms with E-state index in [1.54, 1.807) is 0 Å². The fraction of sp³-hybridized carbons (Fsp3) is 0.519. The minimum absolute atomic E-state index is 0.0826. The first-order chi connectivity index (χ1) is 15.8. The third kappa shape index (κ3) is 4.54. The van der Waals surface area contributed by atoms with Crippen molar-refractivity contribution in [2.24, 2.45) is 7.05 Å². The normalized spacial score (nSPS) is 17.6. The third-order valence-electron chi connectivity index (χ3n) is 7.15. The first kappa shape index (κ1) is 23.4. The highest BCUT2D eigenvalue weighted by Crippen LogP contribution is 2.35. The van der Waals surface area contributed by atoms with Crippen LogP contribution < -0.4 is 4.90 Å². The molecule has 4 rings (SSSR count). The maximum atomic E-state index is 13.5. The Labute approximate surface area is 196 Å². The molecule has 1 aliphatic heterocycles. The van der Waals surface area contributed by atoms with Crippen LogP contribution in [0.2, 0.25) is 0 Å². The molecule has 0 atom stereocenters. The number of rotatable bonds is 7. The second-order valence-corrected chi connectivity index (χ2v) is 9.40. The van der Waals surface area contributed by atoms with E-state index < -0.39 is 0 Å². The van der Waals surface area contributed by atoms with Gasteiger partial charge in [-0.25, -0.2) is 0 Å². The summed E-state index contributed by atoms with van der Waals surface area (Å²) in [6.45, 7) is 10.5. The van der Waals surface area contributed by atoms with E-state index in [2.05, 4.69) is 29.1 Å². The van der Waals surface area contributed by atoms with Crippen molar-refractivity contribution in [1.29, 1.82) is 0 Å². The van der Waals surface area contributed by atoms with Crippen molar-refractivity contribution in [3.8, 4) is 0 Å². The number of ketones is 2. The summed E-state index contributed by atoms with van der Waals surface area (Å²) in [5, 5.41) is 5.61. The van der Waals surface area contributed by atoms with Crippen LogP contribution in [0.25, 0.3) is 10.9 Å². The first-order valence-electron chi connectivity index (χ1n) is 12.0. The number of aromatic nitrogens is 2. The van der Waals surface area contributed by atoms with Crippen LogP contribution in [0.1, 0.15) is 68.8 Å². The second kappa shape index (κ2) is 9.64. The van der Waals surface area contributed by atoms with Gasteiger partial charge in [0, 0.05) is 62.3 Å². The quantitative estimate of drug-likeness (QED) is 0.551. The molecule has 0 spiro atoms. The molecule has 176 valence electrons. The number of carbonyl (C=O) groups is 2. The Balaban J connectivity index is 1.69. The SMILES string of the molecule is CCN(c1cc(C(=O)CCC2=C(C)C=C(C)CC2=O)c(C)c2c1cnn2C)C1CCOCC1. The van der Waals surface area contributed by atoms with Gasteiger partial charge in [0.1, 0.15) is 0 Å². The van der Waals surface area contributed by atoms with Crippen LogP contribution in [-0.2, 0) is 16.6 Å². The summed E-state index contributed by atoms with van der Waals surface area (Å²) >= 11 is 0. The molecule has 33 heavy (non-hydrogen) atoms. The predicted molar refractivity (Wildman–Crippen MR) is 132 cm³/mol. The third-order valence-corrected chi connectivity index (χ3v) is 7.15. The van der Waals surface area contributed by atoms with Crippen molar-refractivity contribution < 1.29 is 14.3 Å². The number of carbonyl (C=O) groups excluding carboxylic acids is 2. The van der Waals surface area contributed by atoms with Crippen LogP contribution >= 0.6 is 0 Å². The molecular formula is C27H35N3O3. The average molecular weight is 450 g/mol. The molecule has 1 fully saturated rings. The van der Waals surface area contributed by atoms with Gasteiger partial charge in [-0.1, -0.05) is 11.6 Å². The Bertz CT molecular complexity index is 1150. The molecule has 1 saturated heterocycles. The molecule has 1 aliphatic carbocycles. The minimum atomic E-state index is 0.0826. The van der Waals surface area contributed by atoms with E-state index in [-0.39, 0.29) is 11.6 Å². The smallest absolute Gasteiger partial charge is 0.163 e. The molecule has 0 N–H and O–H groups in total. The molecule has 0 saturated carbocycles. The van der Waals surface area contributed by atoms with E-state index in [4.69, 9.17) is 4.74 Å². The molecule has 2 heterocycles. The minimum Gasteiger partial charge on any atom is -0.381 e. The number of aryl methyl sites for hydroxylation is 2. The predicted octanol–water partition coefficient (Wildman–Crippen LogP) is 5.09. The summed E-state index contributed by atoms with van der Waals surface area (Å²) in [5.41, 5.74) is 6.65. The van der Waals surface area contributed by atoms with Gasteiger partial charge in [-0.2, -0.15) is 5.10 Å². The Morgan fingerprint density at radius 3 is 2.64 bits per heavy atom. The molecule has 1 aromatic carbocycles. The van der Waals surface area contributed by atoms with Gasteiger partial charge in [0.05, 0.1) is 11.7 Å². The van der Waals surface area contributed by atoms with Crippen LogP contribution in [0.4, 0.5) is 5.69 Å². The van der Waals surface area contributed by atoms with E-state index in [1.807, 2.05) is 38.7 Å². The lowest BCUT2D eigenvalue weighted by molar-refractivity contribution is -0.115. The second-order valence-electron chi connectivity index (χ2n) is 9.40. The summed E-state index contributed by atoms with van der Waals surface area (Å²) in [6.07, 6.45) is 7.23. The summed E-state index contributed by atoms with van der Waals surface area (Å²) < 4.78 is 7.45. The number of hydrogen-bond donors (Lipinski definition) is 0.